The molecule has 3 aromatic carbocycles. The smallest absolute Gasteiger partial charge is 0.354 e. The van der Waals surface area contributed by atoms with Gasteiger partial charge >= 0.3 is 6.18 Å². The number of carbonyl (C=O) groups is 1. The number of benzene rings is 3. The summed E-state index contributed by atoms with van der Waals surface area (Å²) in [4.78, 5) is 13.4. The molecule has 0 aliphatic heterocycles. The summed E-state index contributed by atoms with van der Waals surface area (Å²) in [6, 6.07) is 23.9. The van der Waals surface area contributed by atoms with Crippen molar-refractivity contribution in [3.63, 3.8) is 0 Å². The van der Waals surface area contributed by atoms with Gasteiger partial charge in [-0.05, 0) is 67.2 Å². The van der Waals surface area contributed by atoms with E-state index < -0.39 is 11.7 Å². The summed E-state index contributed by atoms with van der Waals surface area (Å²) >= 11 is 6.06. The topological polar surface area (TPSA) is 37.3 Å². The van der Waals surface area contributed by atoms with Crippen LogP contribution in [0.25, 0.3) is 28.2 Å². The predicted molar refractivity (Wildman–Crippen MR) is 142 cm³/mol. The monoisotopic (exact) mass is 525 g/mol. The van der Waals surface area contributed by atoms with Gasteiger partial charge in [-0.3, -0.25) is 4.79 Å². The standard InChI is InChI=1S/C29H27ClF3N3O/c1-19(37)34-18-28(35(2)3)22-10-8-20(9-11-22)25-16-17-26(21-12-14-23(30)15-13-21)36(25)27-7-5-4-6-24(27)29(31,32)33/h4-17,28H,18H2,1-3H3,(H,34,37). The van der Waals surface area contributed by atoms with E-state index in [9.17, 15) is 18.0 Å². The summed E-state index contributed by atoms with van der Waals surface area (Å²) in [6.07, 6.45) is -4.53. The molecule has 0 spiro atoms. The molecule has 0 aliphatic carbocycles. The number of carbonyl (C=O) groups excluding carboxylic acids is 1. The van der Waals surface area contributed by atoms with Gasteiger partial charge in [-0.2, -0.15) is 13.2 Å². The quantitative estimate of drug-likeness (QED) is 0.276. The van der Waals surface area contributed by atoms with E-state index in [4.69, 9.17) is 11.6 Å². The molecule has 0 saturated carbocycles. The molecule has 192 valence electrons. The van der Waals surface area contributed by atoms with Crippen molar-refractivity contribution >= 4 is 17.5 Å². The second-order valence-electron chi connectivity index (χ2n) is 9.00. The van der Waals surface area contributed by atoms with Crippen molar-refractivity contribution in [3.8, 4) is 28.2 Å². The summed E-state index contributed by atoms with van der Waals surface area (Å²) in [5.41, 5.74) is 3.04. The van der Waals surface area contributed by atoms with Crippen molar-refractivity contribution in [1.29, 1.82) is 0 Å². The maximum Gasteiger partial charge on any atom is 0.418 e. The maximum atomic E-state index is 14.0. The van der Waals surface area contributed by atoms with Crippen molar-refractivity contribution in [1.82, 2.24) is 14.8 Å². The molecule has 4 aromatic rings. The Kier molecular flexibility index (Phi) is 7.76. The zero-order valence-corrected chi connectivity index (χ0v) is 21.4. The largest absolute Gasteiger partial charge is 0.418 e. The lowest BCUT2D eigenvalue weighted by molar-refractivity contribution is -0.137. The third-order valence-electron chi connectivity index (χ3n) is 6.23. The number of nitrogens with one attached hydrogen (secondary N) is 1. The fourth-order valence-electron chi connectivity index (χ4n) is 4.39. The summed E-state index contributed by atoms with van der Waals surface area (Å²) in [7, 11) is 3.86. The van der Waals surface area contributed by atoms with Crippen molar-refractivity contribution < 1.29 is 18.0 Å². The minimum Gasteiger partial charge on any atom is -0.354 e. The Morgan fingerprint density at radius 1 is 0.892 bits per heavy atom. The second kappa shape index (κ2) is 10.8. The van der Waals surface area contributed by atoms with E-state index >= 15 is 0 Å². The highest BCUT2D eigenvalue weighted by molar-refractivity contribution is 6.30. The second-order valence-corrected chi connectivity index (χ2v) is 9.44. The van der Waals surface area contributed by atoms with E-state index in [2.05, 4.69) is 5.32 Å². The summed E-state index contributed by atoms with van der Waals surface area (Å²) in [5, 5.41) is 3.39. The first-order valence-electron chi connectivity index (χ1n) is 11.7. The number of halogens is 4. The molecule has 4 rings (SSSR count). The zero-order valence-electron chi connectivity index (χ0n) is 20.7. The zero-order chi connectivity index (χ0) is 26.7. The van der Waals surface area contributed by atoms with Gasteiger partial charge in [0.15, 0.2) is 0 Å². The van der Waals surface area contributed by atoms with Crippen LogP contribution in [0.4, 0.5) is 13.2 Å². The van der Waals surface area contributed by atoms with Crippen LogP contribution in [0, 0.1) is 0 Å². The van der Waals surface area contributed by atoms with Gasteiger partial charge in [0.25, 0.3) is 0 Å². The molecule has 4 nitrogen and oxygen atoms in total. The Labute approximate surface area is 219 Å². The van der Waals surface area contributed by atoms with Gasteiger partial charge in [0, 0.05) is 18.5 Å². The summed E-state index contributed by atoms with van der Waals surface area (Å²) in [6.45, 7) is 1.92. The Morgan fingerprint density at radius 2 is 1.43 bits per heavy atom. The lowest BCUT2D eigenvalue weighted by Gasteiger charge is -2.25. The van der Waals surface area contributed by atoms with Gasteiger partial charge in [-0.25, -0.2) is 0 Å². The van der Waals surface area contributed by atoms with Gasteiger partial charge in [0.05, 0.1) is 28.7 Å². The summed E-state index contributed by atoms with van der Waals surface area (Å²) in [5.74, 6) is -0.112. The number of aromatic nitrogens is 1. The van der Waals surface area contributed by atoms with Crippen LogP contribution in [0.5, 0.6) is 0 Å². The molecule has 0 radical (unpaired) electrons. The highest BCUT2D eigenvalue weighted by Gasteiger charge is 2.34. The third-order valence-corrected chi connectivity index (χ3v) is 6.48. The minimum absolute atomic E-state index is 0.0425. The van der Waals surface area contributed by atoms with Crippen LogP contribution in [0.3, 0.4) is 0 Å². The number of rotatable bonds is 7. The SMILES string of the molecule is CC(=O)NCC(c1ccc(-c2ccc(-c3ccc(Cl)cc3)n2-c2ccccc2C(F)(F)F)cc1)N(C)C. The molecule has 0 fully saturated rings. The van der Waals surface area contributed by atoms with Gasteiger partial charge in [-0.15, -0.1) is 0 Å². The number of amides is 1. The van der Waals surface area contributed by atoms with E-state index in [-0.39, 0.29) is 17.6 Å². The number of hydrogen-bond donors (Lipinski definition) is 1. The molecular formula is C29H27ClF3N3O. The van der Waals surface area contributed by atoms with E-state index in [0.29, 0.717) is 23.0 Å². The number of likely N-dealkylation sites (N-methyl/N-ethyl adjacent to an activating group) is 1. The lowest BCUT2D eigenvalue weighted by atomic mass is 10.0. The number of hydrogen-bond acceptors (Lipinski definition) is 2. The number of para-hydroxylation sites is 1. The van der Waals surface area contributed by atoms with Gasteiger partial charge in [0.2, 0.25) is 5.91 Å². The normalized spacial score (nSPS) is 12.5. The maximum absolute atomic E-state index is 14.0. The van der Waals surface area contributed by atoms with Crippen LogP contribution in [0.15, 0.2) is 84.9 Å². The van der Waals surface area contributed by atoms with Crippen LogP contribution in [-0.2, 0) is 11.0 Å². The van der Waals surface area contributed by atoms with Gasteiger partial charge in [0.1, 0.15) is 0 Å². The fourth-order valence-corrected chi connectivity index (χ4v) is 4.52. The first kappa shape index (κ1) is 26.5. The van der Waals surface area contributed by atoms with Crippen LogP contribution in [-0.4, -0.2) is 36.0 Å². The molecule has 1 atom stereocenters. The average molecular weight is 526 g/mol. The van der Waals surface area contributed by atoms with E-state index in [1.807, 2.05) is 55.4 Å². The van der Waals surface area contributed by atoms with Crippen molar-refractivity contribution in [2.75, 3.05) is 20.6 Å². The Bertz CT molecular complexity index is 1380. The molecule has 1 unspecified atom stereocenters. The van der Waals surface area contributed by atoms with Crippen LogP contribution in [0.1, 0.15) is 24.1 Å². The predicted octanol–water partition coefficient (Wildman–Crippen LogP) is 7.22. The van der Waals surface area contributed by atoms with Crippen molar-refractivity contribution in [3.05, 3.63) is 101 Å². The van der Waals surface area contributed by atoms with E-state index in [0.717, 1.165) is 22.8 Å². The van der Waals surface area contributed by atoms with Crippen molar-refractivity contribution in [2.24, 2.45) is 0 Å². The molecule has 1 heterocycles. The first-order chi connectivity index (χ1) is 17.6. The number of alkyl halides is 3. The molecule has 1 N–H and O–H groups in total. The molecular weight excluding hydrogens is 499 g/mol. The lowest BCUT2D eigenvalue weighted by Crippen LogP contribution is -2.33. The molecule has 0 saturated heterocycles. The van der Waals surface area contributed by atoms with Gasteiger partial charge < -0.3 is 14.8 Å². The van der Waals surface area contributed by atoms with Gasteiger partial charge in [-0.1, -0.05) is 60.1 Å². The Balaban J connectivity index is 1.85. The minimum atomic E-state index is -4.53. The van der Waals surface area contributed by atoms with Crippen LogP contribution >= 0.6 is 11.6 Å². The number of nitrogens with zero attached hydrogens (tertiary/aromatic N) is 2. The first-order valence-corrected chi connectivity index (χ1v) is 12.1. The fraction of sp³-hybridized carbons (Fsp3) is 0.207. The molecule has 0 bridgehead atoms. The molecule has 1 amide bonds. The van der Waals surface area contributed by atoms with Crippen LogP contribution in [0.2, 0.25) is 5.02 Å². The molecule has 37 heavy (non-hydrogen) atoms. The third kappa shape index (κ3) is 5.89. The summed E-state index contributed by atoms with van der Waals surface area (Å²) < 4.78 is 43.8. The highest BCUT2D eigenvalue weighted by atomic mass is 35.5. The highest BCUT2D eigenvalue weighted by Crippen LogP contribution is 2.39. The van der Waals surface area contributed by atoms with E-state index in [1.165, 1.54) is 19.1 Å². The van der Waals surface area contributed by atoms with Crippen LogP contribution < -0.4 is 5.32 Å². The Hall–Kier alpha value is -3.55. The van der Waals surface area contributed by atoms with E-state index in [1.54, 1.807) is 34.9 Å². The Morgan fingerprint density at radius 3 is 1.95 bits per heavy atom. The molecule has 1 aromatic heterocycles. The van der Waals surface area contributed by atoms with Crippen molar-refractivity contribution in [2.45, 2.75) is 19.1 Å². The molecule has 8 heteroatoms. The average Bonchev–Trinajstić information content (AvgIpc) is 3.29. The molecule has 0 aliphatic rings.